The molecular weight excluding hydrogens is 270 g/mol. The van der Waals surface area contributed by atoms with Crippen molar-refractivity contribution in [2.45, 2.75) is 32.2 Å². The molecule has 0 radical (unpaired) electrons. The molecule has 6 heteroatoms. The fourth-order valence-corrected chi connectivity index (χ4v) is 3.87. The van der Waals surface area contributed by atoms with E-state index >= 15 is 0 Å². The van der Waals surface area contributed by atoms with Crippen LogP contribution in [0, 0.1) is 6.92 Å². The molecule has 0 saturated heterocycles. The molecule has 0 aromatic carbocycles. The standard InChI is InChI=1S/C14H15N5S/c1-8-18-12-10(3-2-4-11(12)20-8)19-14-13-9(5-6-15-13)16-7-17-14/h5-7,10,15H,2-4H2,1H3,(H,16,17,19). The number of aromatic amines is 1. The number of nitrogens with zero attached hydrogens (tertiary/aromatic N) is 3. The van der Waals surface area contributed by atoms with Gasteiger partial charge in [0.25, 0.3) is 0 Å². The van der Waals surface area contributed by atoms with E-state index in [0.29, 0.717) is 0 Å². The highest BCUT2D eigenvalue weighted by atomic mass is 32.1. The Balaban J connectivity index is 1.71. The minimum absolute atomic E-state index is 0.255. The van der Waals surface area contributed by atoms with Crippen LogP contribution in [-0.4, -0.2) is 19.9 Å². The summed E-state index contributed by atoms with van der Waals surface area (Å²) in [6.45, 7) is 2.08. The Morgan fingerprint density at radius 1 is 1.40 bits per heavy atom. The van der Waals surface area contributed by atoms with E-state index in [1.54, 1.807) is 6.33 Å². The molecule has 1 aliphatic carbocycles. The Labute approximate surface area is 120 Å². The van der Waals surface area contributed by atoms with E-state index < -0.39 is 0 Å². The maximum absolute atomic E-state index is 4.70. The van der Waals surface area contributed by atoms with Crippen molar-refractivity contribution in [3.05, 3.63) is 34.2 Å². The van der Waals surface area contributed by atoms with Gasteiger partial charge < -0.3 is 10.3 Å². The van der Waals surface area contributed by atoms with Crippen LogP contribution in [-0.2, 0) is 6.42 Å². The second kappa shape index (κ2) is 4.56. The largest absolute Gasteiger partial charge is 0.360 e. The second-order valence-electron chi connectivity index (χ2n) is 5.09. The molecule has 20 heavy (non-hydrogen) atoms. The molecule has 1 aliphatic rings. The van der Waals surface area contributed by atoms with E-state index in [4.69, 9.17) is 4.98 Å². The molecule has 2 N–H and O–H groups in total. The van der Waals surface area contributed by atoms with Crippen molar-refractivity contribution in [2.75, 3.05) is 5.32 Å². The van der Waals surface area contributed by atoms with Crippen LogP contribution in [0.15, 0.2) is 18.6 Å². The van der Waals surface area contributed by atoms with E-state index in [1.165, 1.54) is 17.0 Å². The Morgan fingerprint density at radius 2 is 2.35 bits per heavy atom. The Bertz CT molecular complexity index is 760. The van der Waals surface area contributed by atoms with Crippen molar-refractivity contribution in [3.8, 4) is 0 Å². The molecule has 0 aliphatic heterocycles. The summed E-state index contributed by atoms with van der Waals surface area (Å²) in [5.41, 5.74) is 3.11. The highest BCUT2D eigenvalue weighted by Gasteiger charge is 2.24. The molecule has 0 amide bonds. The summed E-state index contributed by atoms with van der Waals surface area (Å²) < 4.78 is 0. The minimum Gasteiger partial charge on any atom is -0.360 e. The molecule has 1 atom stereocenters. The lowest BCUT2D eigenvalue weighted by Crippen LogP contribution is -2.17. The van der Waals surface area contributed by atoms with Crippen molar-refractivity contribution in [2.24, 2.45) is 0 Å². The van der Waals surface area contributed by atoms with Gasteiger partial charge in [-0.15, -0.1) is 11.3 Å². The van der Waals surface area contributed by atoms with Crippen molar-refractivity contribution < 1.29 is 0 Å². The number of aryl methyl sites for hydroxylation is 2. The monoisotopic (exact) mass is 285 g/mol. The Morgan fingerprint density at radius 3 is 3.30 bits per heavy atom. The van der Waals surface area contributed by atoms with Gasteiger partial charge in [0.15, 0.2) is 5.82 Å². The number of rotatable bonds is 2. The van der Waals surface area contributed by atoms with E-state index in [-0.39, 0.29) is 6.04 Å². The Hall–Kier alpha value is -1.95. The van der Waals surface area contributed by atoms with Gasteiger partial charge in [0.2, 0.25) is 0 Å². The smallest absolute Gasteiger partial charge is 0.154 e. The van der Waals surface area contributed by atoms with Crippen LogP contribution in [0.4, 0.5) is 5.82 Å². The molecule has 3 aromatic heterocycles. The number of H-pyrrole nitrogens is 1. The van der Waals surface area contributed by atoms with Crippen molar-refractivity contribution >= 4 is 28.2 Å². The van der Waals surface area contributed by atoms with Gasteiger partial charge in [-0.25, -0.2) is 15.0 Å². The number of anilines is 1. The van der Waals surface area contributed by atoms with E-state index in [9.17, 15) is 0 Å². The summed E-state index contributed by atoms with van der Waals surface area (Å²) in [5.74, 6) is 0.864. The third-order valence-corrected chi connectivity index (χ3v) is 4.76. The maximum Gasteiger partial charge on any atom is 0.154 e. The van der Waals surface area contributed by atoms with Crippen LogP contribution >= 0.6 is 11.3 Å². The van der Waals surface area contributed by atoms with E-state index in [2.05, 4.69) is 27.2 Å². The van der Waals surface area contributed by atoms with Crippen molar-refractivity contribution in [1.82, 2.24) is 19.9 Å². The van der Waals surface area contributed by atoms with E-state index in [1.807, 2.05) is 23.6 Å². The fourth-order valence-electron chi connectivity index (χ4n) is 2.83. The third kappa shape index (κ3) is 1.87. The molecule has 0 fully saturated rings. The molecule has 1 unspecified atom stereocenters. The molecule has 102 valence electrons. The summed E-state index contributed by atoms with van der Waals surface area (Å²) in [4.78, 5) is 17.9. The predicted octanol–water partition coefficient (Wildman–Crippen LogP) is 3.21. The molecule has 0 saturated carbocycles. The maximum atomic E-state index is 4.70. The molecule has 4 rings (SSSR count). The van der Waals surface area contributed by atoms with Crippen LogP contribution in [0.1, 0.15) is 34.5 Å². The van der Waals surface area contributed by atoms with Gasteiger partial charge in [0.1, 0.15) is 11.8 Å². The van der Waals surface area contributed by atoms with Gasteiger partial charge in [-0.1, -0.05) is 0 Å². The summed E-state index contributed by atoms with van der Waals surface area (Å²) in [7, 11) is 0. The number of hydrogen-bond acceptors (Lipinski definition) is 5. The molecule has 5 nitrogen and oxygen atoms in total. The van der Waals surface area contributed by atoms with Gasteiger partial charge >= 0.3 is 0 Å². The number of nitrogens with one attached hydrogen (secondary N) is 2. The van der Waals surface area contributed by atoms with Gasteiger partial charge in [-0.05, 0) is 32.3 Å². The minimum atomic E-state index is 0.255. The van der Waals surface area contributed by atoms with Gasteiger partial charge in [-0.3, -0.25) is 0 Å². The van der Waals surface area contributed by atoms with Crippen LogP contribution in [0.25, 0.3) is 11.0 Å². The molecule has 3 aromatic rings. The zero-order valence-electron chi connectivity index (χ0n) is 11.2. The average Bonchev–Trinajstić information content (AvgIpc) is 3.05. The highest BCUT2D eigenvalue weighted by molar-refractivity contribution is 7.11. The van der Waals surface area contributed by atoms with Gasteiger partial charge in [0.05, 0.1) is 22.3 Å². The zero-order valence-corrected chi connectivity index (χ0v) is 12.0. The van der Waals surface area contributed by atoms with Crippen LogP contribution in [0.2, 0.25) is 0 Å². The highest BCUT2D eigenvalue weighted by Crippen LogP contribution is 2.35. The van der Waals surface area contributed by atoms with E-state index in [0.717, 1.165) is 34.7 Å². The third-order valence-electron chi connectivity index (χ3n) is 3.72. The van der Waals surface area contributed by atoms with Crippen molar-refractivity contribution in [1.29, 1.82) is 0 Å². The van der Waals surface area contributed by atoms with Crippen molar-refractivity contribution in [3.63, 3.8) is 0 Å². The second-order valence-corrected chi connectivity index (χ2v) is 6.38. The number of hydrogen-bond donors (Lipinski definition) is 2. The Kier molecular flexibility index (Phi) is 2.70. The number of aromatic nitrogens is 4. The van der Waals surface area contributed by atoms with Gasteiger partial charge in [0, 0.05) is 11.1 Å². The lowest BCUT2D eigenvalue weighted by Gasteiger charge is -2.22. The normalized spacial score (nSPS) is 18.1. The summed E-state index contributed by atoms with van der Waals surface area (Å²) in [6.07, 6.45) is 6.95. The summed E-state index contributed by atoms with van der Waals surface area (Å²) >= 11 is 1.82. The quantitative estimate of drug-likeness (QED) is 0.758. The number of thiazole rings is 1. The topological polar surface area (TPSA) is 66.5 Å². The lowest BCUT2D eigenvalue weighted by molar-refractivity contribution is 0.592. The summed E-state index contributed by atoms with van der Waals surface area (Å²) in [6, 6.07) is 2.21. The zero-order chi connectivity index (χ0) is 13.5. The fraction of sp³-hybridized carbons (Fsp3) is 0.357. The first-order chi connectivity index (χ1) is 9.81. The molecule has 0 bridgehead atoms. The SMILES string of the molecule is Cc1nc2c(s1)CCCC2Nc1ncnc2cc[nH]c12. The first-order valence-corrected chi connectivity index (χ1v) is 7.64. The first kappa shape index (κ1) is 11.8. The lowest BCUT2D eigenvalue weighted by atomic mass is 9.97. The van der Waals surface area contributed by atoms with Crippen LogP contribution in [0.3, 0.4) is 0 Å². The molecular formula is C14H15N5S. The molecule has 0 spiro atoms. The van der Waals surface area contributed by atoms with Crippen LogP contribution in [0.5, 0.6) is 0 Å². The predicted molar refractivity (Wildman–Crippen MR) is 80.0 cm³/mol. The summed E-state index contributed by atoms with van der Waals surface area (Å²) in [5, 5.41) is 4.69. The van der Waals surface area contributed by atoms with Crippen LogP contribution < -0.4 is 5.32 Å². The average molecular weight is 285 g/mol. The van der Waals surface area contributed by atoms with Gasteiger partial charge in [-0.2, -0.15) is 0 Å². The number of fused-ring (bicyclic) bond motifs is 2. The first-order valence-electron chi connectivity index (χ1n) is 6.82. The molecule has 3 heterocycles.